The molecule has 0 aliphatic heterocycles. The molecule has 0 saturated carbocycles. The van der Waals surface area contributed by atoms with Gasteiger partial charge in [-0.25, -0.2) is 0 Å². The molecule has 2 rings (SSSR count). The smallest absolute Gasteiger partial charge is 0.306 e. The first-order valence-electron chi connectivity index (χ1n) is 10.2. The highest BCUT2D eigenvalue weighted by Crippen LogP contribution is 2.20. The van der Waals surface area contributed by atoms with Crippen LogP contribution in [0.25, 0.3) is 0 Å². The maximum Gasteiger partial charge on any atom is 0.306 e. The van der Waals surface area contributed by atoms with Gasteiger partial charge in [-0.15, -0.1) is 0 Å². The summed E-state index contributed by atoms with van der Waals surface area (Å²) in [5.74, 6) is 1.18. The Morgan fingerprint density at radius 1 is 1.07 bits per heavy atom. The summed E-state index contributed by atoms with van der Waals surface area (Å²) in [5.41, 5.74) is 1.38. The number of nitrogens with zero attached hydrogens (tertiary/aromatic N) is 1. The van der Waals surface area contributed by atoms with E-state index in [1.54, 1.807) is 35.2 Å². The minimum absolute atomic E-state index is 0.0850. The number of carbonyl (C=O) groups is 1. The average Bonchev–Trinajstić information content (AvgIpc) is 2.66. The second-order valence-electron chi connectivity index (χ2n) is 7.74. The van der Waals surface area contributed by atoms with Crippen molar-refractivity contribution >= 4 is 16.0 Å². The Balaban J connectivity index is 2.15. The average molecular weight is 434 g/mol. The third-order valence-corrected chi connectivity index (χ3v) is 4.76. The number of amides is 1. The Labute approximate surface area is 179 Å². The molecule has 2 aromatic carbocycles. The Morgan fingerprint density at radius 3 is 2.37 bits per heavy atom. The monoisotopic (exact) mass is 433 g/mol. The lowest BCUT2D eigenvalue weighted by Gasteiger charge is -2.25. The van der Waals surface area contributed by atoms with Gasteiger partial charge in [0, 0.05) is 18.7 Å². The molecule has 0 unspecified atom stereocenters. The highest BCUT2D eigenvalue weighted by Gasteiger charge is 2.18. The fraction of sp³-hybridized carbons (Fsp3) is 0.435. The molecule has 2 aromatic rings. The van der Waals surface area contributed by atoms with Crippen LogP contribution in [0.5, 0.6) is 11.5 Å². The summed E-state index contributed by atoms with van der Waals surface area (Å²) in [4.78, 5) is 14.9. The molecule has 0 spiro atoms. The van der Waals surface area contributed by atoms with Crippen LogP contribution in [0.3, 0.4) is 0 Å². The minimum Gasteiger partial charge on any atom is -0.494 e. The summed E-state index contributed by atoms with van der Waals surface area (Å²) in [5, 5.41) is 0. The molecule has 0 aromatic heterocycles. The molecule has 6 nitrogen and oxygen atoms in total. The van der Waals surface area contributed by atoms with Crippen LogP contribution in [-0.2, 0) is 16.7 Å². The summed E-state index contributed by atoms with van der Waals surface area (Å²) in [6.45, 7) is 7.80. The van der Waals surface area contributed by atoms with Crippen molar-refractivity contribution in [2.75, 3.05) is 19.4 Å². The van der Waals surface area contributed by atoms with Gasteiger partial charge in [0.2, 0.25) is 0 Å². The largest absolute Gasteiger partial charge is 0.494 e. The Hall–Kier alpha value is -2.54. The van der Waals surface area contributed by atoms with Crippen LogP contribution in [0.15, 0.2) is 48.5 Å². The third-order valence-electron chi connectivity index (χ3n) is 4.26. The zero-order valence-corrected chi connectivity index (χ0v) is 18.9. The van der Waals surface area contributed by atoms with Crippen molar-refractivity contribution in [3.05, 3.63) is 59.7 Å². The number of benzene rings is 2. The molecule has 7 heteroatoms. The van der Waals surface area contributed by atoms with Crippen molar-refractivity contribution in [2.24, 2.45) is 5.92 Å². The van der Waals surface area contributed by atoms with E-state index in [0.29, 0.717) is 25.3 Å². The van der Waals surface area contributed by atoms with Crippen LogP contribution in [-0.4, -0.2) is 38.6 Å². The molecule has 30 heavy (non-hydrogen) atoms. The summed E-state index contributed by atoms with van der Waals surface area (Å²) in [6, 6.07) is 14.0. The normalized spacial score (nSPS) is 11.4. The van der Waals surface area contributed by atoms with Gasteiger partial charge in [0.25, 0.3) is 5.91 Å². The molecule has 0 atom stereocenters. The summed E-state index contributed by atoms with van der Waals surface area (Å²) < 4.78 is 33.4. The van der Waals surface area contributed by atoms with Crippen molar-refractivity contribution in [3.8, 4) is 11.5 Å². The zero-order chi connectivity index (χ0) is 22.1. The highest BCUT2D eigenvalue weighted by molar-refractivity contribution is 7.86. The highest BCUT2D eigenvalue weighted by atomic mass is 32.2. The van der Waals surface area contributed by atoms with Crippen molar-refractivity contribution in [2.45, 2.75) is 40.2 Å². The van der Waals surface area contributed by atoms with Gasteiger partial charge in [0.1, 0.15) is 11.5 Å². The lowest BCUT2D eigenvalue weighted by molar-refractivity contribution is 0.0722. The van der Waals surface area contributed by atoms with Crippen LogP contribution < -0.4 is 8.92 Å². The van der Waals surface area contributed by atoms with Gasteiger partial charge in [-0.3, -0.25) is 4.79 Å². The van der Waals surface area contributed by atoms with E-state index in [1.807, 2.05) is 32.0 Å². The van der Waals surface area contributed by atoms with E-state index in [2.05, 4.69) is 6.92 Å². The molecular weight excluding hydrogens is 402 g/mol. The second-order valence-corrected chi connectivity index (χ2v) is 9.32. The lowest BCUT2D eigenvalue weighted by Crippen LogP contribution is -2.33. The number of ether oxygens (including phenoxy) is 1. The number of hydrogen-bond donors (Lipinski definition) is 0. The molecule has 0 aliphatic rings. The SMILES string of the molecule is CCCCOc1ccc(C(=O)N(Cc2cccc(OS(C)(=O)=O)c2)CC(C)C)cc1. The van der Waals surface area contributed by atoms with E-state index in [9.17, 15) is 13.2 Å². The quantitative estimate of drug-likeness (QED) is 0.385. The van der Waals surface area contributed by atoms with Gasteiger partial charge in [-0.1, -0.05) is 39.3 Å². The minimum atomic E-state index is -3.61. The second kappa shape index (κ2) is 11.0. The Morgan fingerprint density at radius 2 is 1.77 bits per heavy atom. The van der Waals surface area contributed by atoms with Crippen molar-refractivity contribution < 1.29 is 22.1 Å². The molecular formula is C23H31NO5S. The number of hydrogen-bond acceptors (Lipinski definition) is 5. The first-order valence-corrected chi connectivity index (χ1v) is 12.0. The molecule has 0 N–H and O–H groups in total. The molecule has 0 heterocycles. The third kappa shape index (κ3) is 8.06. The summed E-state index contributed by atoms with van der Waals surface area (Å²) in [7, 11) is -3.61. The first-order chi connectivity index (χ1) is 14.2. The number of unbranched alkanes of at least 4 members (excludes halogenated alkanes) is 1. The molecule has 1 amide bonds. The number of rotatable bonds is 11. The lowest BCUT2D eigenvalue weighted by atomic mass is 10.1. The maximum absolute atomic E-state index is 13.1. The summed E-state index contributed by atoms with van der Waals surface area (Å²) >= 11 is 0. The summed E-state index contributed by atoms with van der Waals surface area (Å²) in [6.07, 6.45) is 3.06. The van der Waals surface area contributed by atoms with E-state index in [-0.39, 0.29) is 17.6 Å². The fourth-order valence-corrected chi connectivity index (χ4v) is 3.41. The van der Waals surface area contributed by atoms with E-state index < -0.39 is 10.1 Å². The van der Waals surface area contributed by atoms with Crippen molar-refractivity contribution in [1.29, 1.82) is 0 Å². The maximum atomic E-state index is 13.1. The molecule has 0 saturated heterocycles. The van der Waals surface area contributed by atoms with Gasteiger partial charge in [0.15, 0.2) is 0 Å². The molecule has 164 valence electrons. The van der Waals surface area contributed by atoms with Crippen LogP contribution in [0.1, 0.15) is 49.5 Å². The predicted octanol–water partition coefficient (Wildman–Crippen LogP) is 4.50. The fourth-order valence-electron chi connectivity index (χ4n) is 2.96. The van der Waals surface area contributed by atoms with Crippen LogP contribution in [0.2, 0.25) is 0 Å². The molecule has 0 fully saturated rings. The van der Waals surface area contributed by atoms with E-state index in [1.165, 1.54) is 0 Å². The predicted molar refractivity (Wildman–Crippen MR) is 118 cm³/mol. The van der Waals surface area contributed by atoms with Gasteiger partial charge in [0.05, 0.1) is 12.9 Å². The van der Waals surface area contributed by atoms with Crippen LogP contribution >= 0.6 is 0 Å². The first kappa shape index (κ1) is 23.7. The number of carbonyl (C=O) groups excluding carboxylic acids is 1. The van der Waals surface area contributed by atoms with Gasteiger partial charge in [-0.2, -0.15) is 8.42 Å². The van der Waals surface area contributed by atoms with E-state index >= 15 is 0 Å². The van der Waals surface area contributed by atoms with Crippen molar-refractivity contribution in [1.82, 2.24) is 4.90 Å². The van der Waals surface area contributed by atoms with Crippen LogP contribution in [0.4, 0.5) is 0 Å². The van der Waals surface area contributed by atoms with Crippen molar-refractivity contribution in [3.63, 3.8) is 0 Å². The van der Waals surface area contributed by atoms with Gasteiger partial charge in [-0.05, 0) is 54.3 Å². The standard InChI is InChI=1S/C23H31NO5S/c1-5-6-14-28-21-12-10-20(11-13-21)23(25)24(16-18(2)3)17-19-8-7-9-22(15-19)29-30(4,26)27/h7-13,15,18H,5-6,14,16-17H2,1-4H3. The van der Waals surface area contributed by atoms with E-state index in [0.717, 1.165) is 30.4 Å². The van der Waals surface area contributed by atoms with Gasteiger partial charge >= 0.3 is 10.1 Å². The zero-order valence-electron chi connectivity index (χ0n) is 18.1. The van der Waals surface area contributed by atoms with Gasteiger partial charge < -0.3 is 13.8 Å². The van der Waals surface area contributed by atoms with E-state index in [4.69, 9.17) is 8.92 Å². The topological polar surface area (TPSA) is 72.9 Å². The Bertz CT molecular complexity index is 923. The molecule has 0 aliphatic carbocycles. The molecule has 0 radical (unpaired) electrons. The molecule has 0 bridgehead atoms. The van der Waals surface area contributed by atoms with Crippen LogP contribution in [0, 0.1) is 5.92 Å². The Kier molecular flexibility index (Phi) is 8.72.